The van der Waals surface area contributed by atoms with E-state index in [9.17, 15) is 13.6 Å². The van der Waals surface area contributed by atoms with Crippen molar-refractivity contribution in [1.29, 1.82) is 0 Å². The van der Waals surface area contributed by atoms with Gasteiger partial charge in [0.25, 0.3) is 15.3 Å². The quantitative estimate of drug-likeness (QED) is 0.463. The van der Waals surface area contributed by atoms with Crippen LogP contribution in [0.15, 0.2) is 46.6 Å². The molecule has 0 aliphatic carbocycles. The van der Waals surface area contributed by atoms with Crippen molar-refractivity contribution in [1.82, 2.24) is 4.65 Å². The number of benzene rings is 1. The van der Waals surface area contributed by atoms with Crippen LogP contribution in [0.2, 0.25) is 0 Å². The van der Waals surface area contributed by atoms with E-state index in [1.165, 1.54) is 19.4 Å². The van der Waals surface area contributed by atoms with Crippen LogP contribution in [0.1, 0.15) is 6.92 Å². The summed E-state index contributed by atoms with van der Waals surface area (Å²) in [6.07, 6.45) is 4.41. The minimum absolute atomic E-state index is 0.235. The van der Waals surface area contributed by atoms with Crippen molar-refractivity contribution in [3.8, 4) is 5.75 Å². The smallest absolute Gasteiger partial charge is 0.277 e. The summed E-state index contributed by atoms with van der Waals surface area (Å²) < 4.78 is 27.3. The summed E-state index contributed by atoms with van der Waals surface area (Å²) in [5.41, 5.74) is 0.651. The van der Waals surface area contributed by atoms with Gasteiger partial charge >= 0.3 is 0 Å². The largest absolute Gasteiger partial charge is 0.616 e. The standard InChI is InChI=1S/C13H12BrNO4S/c1-9-4-3-7-15(16,13(9)20(17)18)12-8-10(19-2)5-6-11(12)14/h3-8H,1-2H3. The van der Waals surface area contributed by atoms with Crippen LogP contribution in [0.4, 0.5) is 5.69 Å². The first-order chi connectivity index (χ1) is 9.40. The van der Waals surface area contributed by atoms with Crippen molar-refractivity contribution in [2.24, 2.45) is 0 Å². The normalized spacial score (nSPS) is 21.6. The Morgan fingerprint density at radius 2 is 2.05 bits per heavy atom. The molecule has 20 heavy (non-hydrogen) atoms. The highest BCUT2D eigenvalue weighted by Crippen LogP contribution is 2.37. The number of ether oxygens (including phenoxy) is 1. The summed E-state index contributed by atoms with van der Waals surface area (Å²) in [4.78, 5) is -0.235. The number of hydrogen-bond donors (Lipinski definition) is 0. The second-order valence-electron chi connectivity index (χ2n) is 4.21. The Hall–Kier alpha value is -1.41. The van der Waals surface area contributed by atoms with Crippen LogP contribution in [-0.2, 0) is 10.3 Å². The molecule has 0 saturated carbocycles. The van der Waals surface area contributed by atoms with Crippen LogP contribution in [0, 0.1) is 5.21 Å². The molecule has 0 aromatic heterocycles. The third-order valence-corrected chi connectivity index (χ3v) is 4.53. The molecule has 0 amide bonds. The van der Waals surface area contributed by atoms with Crippen LogP contribution in [0.5, 0.6) is 5.75 Å². The number of hydrogen-bond acceptors (Lipinski definition) is 4. The van der Waals surface area contributed by atoms with Crippen molar-refractivity contribution < 1.29 is 13.2 Å². The Morgan fingerprint density at radius 1 is 1.35 bits per heavy atom. The van der Waals surface area contributed by atoms with Crippen LogP contribution < -0.4 is 9.38 Å². The maximum atomic E-state index is 13.1. The highest BCUT2D eigenvalue weighted by Gasteiger charge is 2.33. The van der Waals surface area contributed by atoms with Gasteiger partial charge in [0, 0.05) is 11.6 Å². The highest BCUT2D eigenvalue weighted by molar-refractivity contribution is 9.10. The van der Waals surface area contributed by atoms with E-state index in [1.807, 2.05) is 0 Å². The molecule has 1 aliphatic heterocycles. The summed E-state index contributed by atoms with van der Waals surface area (Å²) in [6.45, 7) is 1.59. The lowest BCUT2D eigenvalue weighted by Crippen LogP contribution is -2.46. The molecule has 0 bridgehead atoms. The molecule has 0 saturated heterocycles. The molecule has 1 heterocycles. The van der Waals surface area contributed by atoms with Gasteiger partial charge in [-0.25, -0.2) is 0 Å². The number of quaternary nitrogens is 1. The predicted molar refractivity (Wildman–Crippen MR) is 82.7 cm³/mol. The predicted octanol–water partition coefficient (Wildman–Crippen LogP) is 2.75. The van der Waals surface area contributed by atoms with Crippen molar-refractivity contribution in [2.45, 2.75) is 6.92 Å². The van der Waals surface area contributed by atoms with Crippen LogP contribution in [0.3, 0.4) is 0 Å². The molecule has 0 radical (unpaired) electrons. The number of nitrogens with zero attached hydrogens (tertiary/aromatic N) is 1. The Balaban J connectivity index is 2.76. The fraction of sp³-hybridized carbons (Fsp3) is 0.154. The van der Waals surface area contributed by atoms with Gasteiger partial charge in [-0.05, 0) is 47.1 Å². The zero-order chi connectivity index (χ0) is 14.9. The molecule has 0 fully saturated rings. The fourth-order valence-corrected chi connectivity index (χ4v) is 3.24. The van der Waals surface area contributed by atoms with Crippen molar-refractivity contribution in [3.63, 3.8) is 0 Å². The van der Waals surface area contributed by atoms with E-state index < -0.39 is 14.9 Å². The summed E-state index contributed by atoms with van der Waals surface area (Å²) in [5.74, 6) is 0.480. The van der Waals surface area contributed by atoms with Crippen LogP contribution in [-0.4, -0.2) is 20.5 Å². The molecule has 1 aromatic rings. The third-order valence-electron chi connectivity index (χ3n) is 2.95. The van der Waals surface area contributed by atoms with Gasteiger partial charge < -0.3 is 9.94 Å². The molecule has 1 aromatic carbocycles. The minimum atomic E-state index is -2.62. The SMILES string of the molecule is COc1ccc(Br)c([N+]2([O-])C=CC=C(C)C2=S(=O)=O)c1. The molecule has 7 heteroatoms. The van der Waals surface area contributed by atoms with Crippen LogP contribution >= 0.6 is 15.9 Å². The van der Waals surface area contributed by atoms with E-state index in [2.05, 4.69) is 15.9 Å². The van der Waals surface area contributed by atoms with Crippen molar-refractivity contribution >= 4 is 36.9 Å². The monoisotopic (exact) mass is 357 g/mol. The van der Waals surface area contributed by atoms with Crippen molar-refractivity contribution in [3.05, 3.63) is 51.8 Å². The van der Waals surface area contributed by atoms with E-state index in [0.29, 0.717) is 15.8 Å². The maximum Gasteiger partial charge on any atom is 0.277 e. The zero-order valence-corrected chi connectivity index (χ0v) is 13.2. The topological polar surface area (TPSA) is 66.4 Å². The summed E-state index contributed by atoms with van der Waals surface area (Å²) in [6, 6.07) is 4.86. The van der Waals surface area contributed by atoms with Gasteiger partial charge in [0.2, 0.25) is 0 Å². The first kappa shape index (κ1) is 15.0. The lowest BCUT2D eigenvalue weighted by molar-refractivity contribution is 0.414. The lowest BCUT2D eigenvalue weighted by atomic mass is 10.1. The molecule has 0 spiro atoms. The Morgan fingerprint density at radius 3 is 2.65 bits per heavy atom. The fourth-order valence-electron chi connectivity index (χ4n) is 2.02. The van der Waals surface area contributed by atoms with Crippen molar-refractivity contribution in [2.75, 3.05) is 7.11 Å². The van der Waals surface area contributed by atoms with E-state index >= 15 is 0 Å². The molecule has 1 atom stereocenters. The number of methoxy groups -OCH3 is 1. The van der Waals surface area contributed by atoms with Gasteiger partial charge in [0.1, 0.15) is 11.9 Å². The van der Waals surface area contributed by atoms with Gasteiger partial charge in [0.05, 0.1) is 11.6 Å². The third kappa shape index (κ3) is 2.45. The summed E-state index contributed by atoms with van der Waals surface area (Å²) in [5, 5.41) is 13.1. The van der Waals surface area contributed by atoms with Gasteiger partial charge in [-0.15, -0.1) is 0 Å². The number of hydroxylamine groups is 2. The summed E-state index contributed by atoms with van der Waals surface area (Å²) >= 11 is 3.29. The highest BCUT2D eigenvalue weighted by atomic mass is 79.9. The lowest BCUT2D eigenvalue weighted by Gasteiger charge is -2.39. The average Bonchev–Trinajstić information content (AvgIpc) is 2.38. The molecule has 106 valence electrons. The number of allylic oxidation sites excluding steroid dienone is 2. The van der Waals surface area contributed by atoms with E-state index in [1.54, 1.807) is 31.2 Å². The van der Waals surface area contributed by atoms with E-state index in [0.717, 1.165) is 0 Å². The summed E-state index contributed by atoms with van der Waals surface area (Å²) in [7, 11) is -1.14. The number of halogens is 1. The van der Waals surface area contributed by atoms with E-state index in [-0.39, 0.29) is 10.7 Å². The average molecular weight is 358 g/mol. The van der Waals surface area contributed by atoms with Gasteiger partial charge in [-0.1, -0.05) is 0 Å². The maximum absolute atomic E-state index is 13.1. The van der Waals surface area contributed by atoms with Gasteiger partial charge in [-0.3, -0.25) is 4.65 Å². The Kier molecular flexibility index (Phi) is 4.14. The van der Waals surface area contributed by atoms with Gasteiger partial charge in [-0.2, -0.15) is 8.42 Å². The number of rotatable bonds is 2. The molecule has 0 N–H and O–H groups in total. The second-order valence-corrected chi connectivity index (χ2v) is 5.92. The molecule has 1 unspecified atom stereocenters. The molecule has 5 nitrogen and oxygen atoms in total. The van der Waals surface area contributed by atoms with E-state index in [4.69, 9.17) is 4.74 Å². The Labute approximate surface area is 126 Å². The second kappa shape index (κ2) is 5.53. The first-order valence-corrected chi connectivity index (χ1v) is 7.54. The molecular weight excluding hydrogens is 346 g/mol. The first-order valence-electron chi connectivity index (χ1n) is 5.67. The molecule has 1 aliphatic rings. The molecule has 2 rings (SSSR count). The molecular formula is C13H12BrNO4S. The van der Waals surface area contributed by atoms with Gasteiger partial charge in [0.15, 0.2) is 5.69 Å². The zero-order valence-electron chi connectivity index (χ0n) is 10.8. The minimum Gasteiger partial charge on any atom is -0.616 e. The van der Waals surface area contributed by atoms with Crippen LogP contribution in [0.25, 0.3) is 0 Å². The Bertz CT molecular complexity index is 744.